The number of esters is 1. The first-order valence-corrected chi connectivity index (χ1v) is 8.46. The first-order chi connectivity index (χ1) is 13.4. The van der Waals surface area contributed by atoms with Crippen molar-refractivity contribution >= 4 is 23.6 Å². The molecule has 0 spiro atoms. The van der Waals surface area contributed by atoms with Crippen LogP contribution in [0.5, 0.6) is 0 Å². The Bertz CT molecular complexity index is 853. The van der Waals surface area contributed by atoms with Gasteiger partial charge in [-0.25, -0.2) is 9.18 Å². The van der Waals surface area contributed by atoms with Crippen molar-refractivity contribution < 1.29 is 28.3 Å². The van der Waals surface area contributed by atoms with Gasteiger partial charge in [-0.3, -0.25) is 14.4 Å². The summed E-state index contributed by atoms with van der Waals surface area (Å²) in [5, 5.41) is 2.42. The Morgan fingerprint density at radius 1 is 0.964 bits per heavy atom. The fourth-order valence-electron chi connectivity index (χ4n) is 2.32. The third-order valence-corrected chi connectivity index (χ3v) is 3.82. The molecule has 0 unspecified atom stereocenters. The summed E-state index contributed by atoms with van der Waals surface area (Å²) in [7, 11) is 0. The summed E-state index contributed by atoms with van der Waals surface area (Å²) in [6, 6.07) is 11.8. The highest BCUT2D eigenvalue weighted by Gasteiger charge is 2.24. The van der Waals surface area contributed by atoms with Gasteiger partial charge in [0.05, 0.1) is 0 Å². The number of halogens is 1. The molecule has 0 saturated carbocycles. The van der Waals surface area contributed by atoms with E-state index < -0.39 is 42.0 Å². The van der Waals surface area contributed by atoms with Gasteiger partial charge in [0.2, 0.25) is 5.91 Å². The molecule has 0 saturated heterocycles. The van der Waals surface area contributed by atoms with Crippen LogP contribution in [0.3, 0.4) is 0 Å². The van der Waals surface area contributed by atoms with Crippen LogP contribution >= 0.6 is 0 Å². The number of carbonyl (C=O) groups is 4. The standard InChI is InChI=1S/C20H19FN2O5/c21-15-8-6-14(7-9-15)19(26)23-16(10-11-18(22)25)20(27)28-12-17(24)13-4-2-1-3-5-13/h1-9,16H,10-12H2,(H2,22,25)(H,23,26)/t16-/m1/s1. The van der Waals surface area contributed by atoms with Crippen molar-refractivity contribution in [3.8, 4) is 0 Å². The summed E-state index contributed by atoms with van der Waals surface area (Å²) in [5.41, 5.74) is 5.60. The molecule has 0 aromatic heterocycles. The molecule has 0 bridgehead atoms. The van der Waals surface area contributed by atoms with Gasteiger partial charge in [0.1, 0.15) is 11.9 Å². The summed E-state index contributed by atoms with van der Waals surface area (Å²) in [6.07, 6.45) is -0.267. The Hall–Kier alpha value is -3.55. The number of ketones is 1. The Morgan fingerprint density at radius 2 is 1.61 bits per heavy atom. The lowest BCUT2D eigenvalue weighted by Crippen LogP contribution is -2.43. The van der Waals surface area contributed by atoms with Gasteiger partial charge in [-0.05, 0) is 30.7 Å². The third kappa shape index (κ3) is 6.31. The molecule has 146 valence electrons. The molecule has 2 aromatic rings. The Kier molecular flexibility index (Phi) is 7.38. The number of primary amides is 1. The Morgan fingerprint density at radius 3 is 2.21 bits per heavy atom. The number of rotatable bonds is 9. The summed E-state index contributed by atoms with van der Waals surface area (Å²) < 4.78 is 18.0. The smallest absolute Gasteiger partial charge is 0.329 e. The maximum absolute atomic E-state index is 13.0. The van der Waals surface area contributed by atoms with Crippen molar-refractivity contribution in [1.29, 1.82) is 0 Å². The normalized spacial score (nSPS) is 11.3. The number of nitrogens with two attached hydrogens (primary N) is 1. The van der Waals surface area contributed by atoms with Gasteiger partial charge in [-0.15, -0.1) is 0 Å². The quantitative estimate of drug-likeness (QED) is 0.502. The van der Waals surface area contributed by atoms with E-state index in [0.29, 0.717) is 5.56 Å². The predicted octanol–water partition coefficient (Wildman–Crippen LogP) is 1.62. The number of benzene rings is 2. The second-order valence-corrected chi connectivity index (χ2v) is 5.93. The van der Waals surface area contributed by atoms with Gasteiger partial charge in [0, 0.05) is 17.5 Å². The van der Waals surface area contributed by atoms with Crippen LogP contribution in [0, 0.1) is 5.82 Å². The van der Waals surface area contributed by atoms with Crippen LogP contribution in [0.25, 0.3) is 0 Å². The zero-order chi connectivity index (χ0) is 20.5. The number of ether oxygens (including phenoxy) is 1. The monoisotopic (exact) mass is 386 g/mol. The van der Waals surface area contributed by atoms with Crippen molar-refractivity contribution in [2.24, 2.45) is 5.73 Å². The average molecular weight is 386 g/mol. The van der Waals surface area contributed by atoms with E-state index in [-0.39, 0.29) is 18.4 Å². The molecule has 2 aromatic carbocycles. The van der Waals surface area contributed by atoms with Crippen LogP contribution in [0.1, 0.15) is 33.6 Å². The van der Waals surface area contributed by atoms with E-state index in [1.165, 1.54) is 12.1 Å². The molecule has 1 atom stereocenters. The maximum Gasteiger partial charge on any atom is 0.329 e. The second-order valence-electron chi connectivity index (χ2n) is 5.93. The van der Waals surface area contributed by atoms with Gasteiger partial charge in [-0.2, -0.15) is 0 Å². The summed E-state index contributed by atoms with van der Waals surface area (Å²) in [6.45, 7) is -0.512. The van der Waals surface area contributed by atoms with Gasteiger partial charge < -0.3 is 15.8 Å². The summed E-state index contributed by atoms with van der Waals surface area (Å²) in [4.78, 5) is 47.6. The highest BCUT2D eigenvalue weighted by Crippen LogP contribution is 2.07. The van der Waals surface area contributed by atoms with Crippen molar-refractivity contribution in [3.63, 3.8) is 0 Å². The maximum atomic E-state index is 13.0. The lowest BCUT2D eigenvalue weighted by molar-refractivity contribution is -0.145. The minimum Gasteiger partial charge on any atom is -0.456 e. The number of nitrogens with one attached hydrogen (secondary N) is 1. The molecule has 0 aliphatic rings. The van der Waals surface area contributed by atoms with Crippen LogP contribution in [0.15, 0.2) is 54.6 Å². The molecule has 8 heteroatoms. The molecule has 28 heavy (non-hydrogen) atoms. The minimum absolute atomic E-state index is 0.0966. The highest BCUT2D eigenvalue weighted by molar-refractivity contribution is 5.99. The first kappa shape index (κ1) is 20.8. The summed E-state index contributed by atoms with van der Waals surface area (Å²) >= 11 is 0. The van der Waals surface area contributed by atoms with Crippen LogP contribution in [-0.4, -0.2) is 36.2 Å². The molecular weight excluding hydrogens is 367 g/mol. The molecule has 7 nitrogen and oxygen atoms in total. The van der Waals surface area contributed by atoms with Crippen molar-refractivity contribution in [2.45, 2.75) is 18.9 Å². The molecule has 0 aliphatic carbocycles. The van der Waals surface area contributed by atoms with Crippen LogP contribution < -0.4 is 11.1 Å². The van der Waals surface area contributed by atoms with Gasteiger partial charge in [0.15, 0.2) is 12.4 Å². The zero-order valence-corrected chi connectivity index (χ0v) is 14.9. The Balaban J connectivity index is 2.01. The summed E-state index contributed by atoms with van der Waals surface area (Å²) in [5.74, 6) is -3.11. The lowest BCUT2D eigenvalue weighted by atomic mass is 10.1. The molecule has 0 radical (unpaired) electrons. The van der Waals surface area contributed by atoms with E-state index >= 15 is 0 Å². The Labute approximate surface area is 160 Å². The molecule has 3 N–H and O–H groups in total. The van der Waals surface area contributed by atoms with Crippen molar-refractivity contribution in [2.75, 3.05) is 6.61 Å². The first-order valence-electron chi connectivity index (χ1n) is 8.46. The molecule has 2 amide bonds. The third-order valence-electron chi connectivity index (χ3n) is 3.82. The largest absolute Gasteiger partial charge is 0.456 e. The van der Waals surface area contributed by atoms with E-state index in [9.17, 15) is 23.6 Å². The predicted molar refractivity (Wildman–Crippen MR) is 97.8 cm³/mol. The van der Waals surface area contributed by atoms with Crippen LogP contribution in [0.4, 0.5) is 4.39 Å². The number of Topliss-reactive ketones (excluding diaryl/α,β-unsaturated/α-hetero) is 1. The van der Waals surface area contributed by atoms with Gasteiger partial charge in [-0.1, -0.05) is 30.3 Å². The van der Waals surface area contributed by atoms with E-state index in [1.54, 1.807) is 30.3 Å². The lowest BCUT2D eigenvalue weighted by Gasteiger charge is -2.17. The molecule has 2 rings (SSSR count). The molecular formula is C20H19FN2O5. The van der Waals surface area contributed by atoms with Crippen molar-refractivity contribution in [1.82, 2.24) is 5.32 Å². The van der Waals surface area contributed by atoms with E-state index in [0.717, 1.165) is 12.1 Å². The van der Waals surface area contributed by atoms with Crippen LogP contribution in [0.2, 0.25) is 0 Å². The topological polar surface area (TPSA) is 116 Å². The highest BCUT2D eigenvalue weighted by atomic mass is 19.1. The minimum atomic E-state index is -1.19. The number of hydrogen-bond donors (Lipinski definition) is 2. The fourth-order valence-corrected chi connectivity index (χ4v) is 2.32. The average Bonchev–Trinajstić information content (AvgIpc) is 2.69. The van der Waals surface area contributed by atoms with Crippen LogP contribution in [-0.2, 0) is 14.3 Å². The van der Waals surface area contributed by atoms with Crippen molar-refractivity contribution in [3.05, 3.63) is 71.5 Å². The van der Waals surface area contributed by atoms with E-state index in [1.807, 2.05) is 0 Å². The van der Waals surface area contributed by atoms with E-state index in [4.69, 9.17) is 10.5 Å². The number of amides is 2. The SMILES string of the molecule is NC(=O)CC[C@@H](NC(=O)c1ccc(F)cc1)C(=O)OCC(=O)c1ccccc1. The zero-order valence-electron chi connectivity index (χ0n) is 14.9. The fraction of sp³-hybridized carbons (Fsp3) is 0.200. The second kappa shape index (κ2) is 9.96. The number of carbonyl (C=O) groups excluding carboxylic acids is 4. The molecule has 0 aliphatic heterocycles. The van der Waals surface area contributed by atoms with Gasteiger partial charge >= 0.3 is 5.97 Å². The van der Waals surface area contributed by atoms with Gasteiger partial charge in [0.25, 0.3) is 5.91 Å². The molecule has 0 heterocycles. The molecule has 0 fully saturated rings. The van der Waals surface area contributed by atoms with E-state index in [2.05, 4.69) is 5.32 Å². The number of hydrogen-bond acceptors (Lipinski definition) is 5.